The van der Waals surface area contributed by atoms with Crippen LogP contribution in [0.4, 0.5) is 0 Å². The first-order chi connectivity index (χ1) is 17.7. The molecule has 0 saturated heterocycles. The van der Waals surface area contributed by atoms with E-state index in [4.69, 9.17) is 13.9 Å². The average molecular weight is 517 g/mol. The molecule has 3 aromatic carbocycles. The molecule has 4 rings (SSSR count). The Labute approximate surface area is 220 Å². The second-order valence-electron chi connectivity index (χ2n) is 10.8. The molecule has 0 N–H and O–H groups in total. The highest BCUT2D eigenvalue weighted by Gasteiger charge is 2.78. The van der Waals surface area contributed by atoms with Gasteiger partial charge in [0, 0.05) is 12.0 Å². The first-order valence-corrected chi connectivity index (χ1v) is 14.6. The highest BCUT2D eigenvalue weighted by atomic mass is 28.4. The second kappa shape index (κ2) is 10.3. The summed E-state index contributed by atoms with van der Waals surface area (Å²) in [6, 6.07) is 30.6. The molecular weight excluding hydrogens is 480 g/mol. The zero-order chi connectivity index (χ0) is 26.7. The number of carbonyl (C=O) groups is 2. The van der Waals surface area contributed by atoms with E-state index in [1.165, 1.54) is 24.6 Å². The van der Waals surface area contributed by atoms with Crippen molar-refractivity contribution >= 4 is 30.6 Å². The molecule has 0 radical (unpaired) electrons. The van der Waals surface area contributed by atoms with E-state index >= 15 is 0 Å². The van der Waals surface area contributed by atoms with Gasteiger partial charge in [-0.1, -0.05) is 112 Å². The lowest BCUT2D eigenvalue weighted by molar-refractivity contribution is -0.162. The van der Waals surface area contributed by atoms with E-state index in [1.54, 1.807) is 0 Å². The minimum Gasteiger partial charge on any atom is -0.468 e. The van der Waals surface area contributed by atoms with Gasteiger partial charge in [-0.3, -0.25) is 9.59 Å². The quantitative estimate of drug-likeness (QED) is 0.236. The fourth-order valence-electron chi connectivity index (χ4n) is 6.07. The molecule has 0 heterocycles. The second-order valence-corrected chi connectivity index (χ2v) is 15.1. The first-order valence-electron chi connectivity index (χ1n) is 12.7. The van der Waals surface area contributed by atoms with Gasteiger partial charge < -0.3 is 13.9 Å². The van der Waals surface area contributed by atoms with E-state index in [0.29, 0.717) is 19.4 Å². The third-order valence-corrected chi connectivity index (χ3v) is 13.0. The Hall–Kier alpha value is -3.22. The Kier molecular flexibility index (Phi) is 7.44. The summed E-state index contributed by atoms with van der Waals surface area (Å²) < 4.78 is 17.4. The maximum atomic E-state index is 13.1. The van der Waals surface area contributed by atoms with Crippen LogP contribution in [0.5, 0.6) is 0 Å². The van der Waals surface area contributed by atoms with Crippen molar-refractivity contribution in [3.8, 4) is 0 Å². The van der Waals surface area contributed by atoms with Crippen molar-refractivity contribution in [3.63, 3.8) is 0 Å². The van der Waals surface area contributed by atoms with Crippen LogP contribution in [0.25, 0.3) is 0 Å². The van der Waals surface area contributed by atoms with E-state index in [2.05, 4.69) is 69.3 Å². The van der Waals surface area contributed by atoms with Crippen LogP contribution in [0.1, 0.15) is 39.2 Å². The summed E-state index contributed by atoms with van der Waals surface area (Å²) in [4.78, 5) is 26.2. The molecule has 1 unspecified atom stereocenters. The normalized spacial score (nSPS) is 18.6. The summed E-state index contributed by atoms with van der Waals surface area (Å²) in [5, 5.41) is 2.19. The van der Waals surface area contributed by atoms with Crippen molar-refractivity contribution in [3.05, 3.63) is 96.6 Å². The predicted molar refractivity (Wildman–Crippen MR) is 147 cm³/mol. The topological polar surface area (TPSA) is 61.8 Å². The molecule has 0 spiro atoms. The lowest BCUT2D eigenvalue weighted by Gasteiger charge is -2.43. The molecule has 6 heteroatoms. The van der Waals surface area contributed by atoms with Gasteiger partial charge in [0.2, 0.25) is 0 Å². The Balaban J connectivity index is 1.77. The maximum absolute atomic E-state index is 13.1. The van der Waals surface area contributed by atoms with Gasteiger partial charge in [0.25, 0.3) is 8.32 Å². The van der Waals surface area contributed by atoms with Gasteiger partial charge in [0.05, 0.1) is 14.2 Å². The van der Waals surface area contributed by atoms with Crippen molar-refractivity contribution in [1.82, 2.24) is 0 Å². The largest absolute Gasteiger partial charge is 0.468 e. The van der Waals surface area contributed by atoms with Crippen LogP contribution in [0.3, 0.4) is 0 Å². The molecule has 194 valence electrons. The van der Waals surface area contributed by atoms with Crippen molar-refractivity contribution in [1.29, 1.82) is 0 Å². The molecule has 0 bridgehead atoms. The van der Waals surface area contributed by atoms with Crippen LogP contribution in [0.15, 0.2) is 91.0 Å². The number of ether oxygens (including phenoxy) is 2. The van der Waals surface area contributed by atoms with Crippen molar-refractivity contribution < 1.29 is 23.5 Å². The first kappa shape index (κ1) is 26.8. The molecule has 3 aromatic rings. The Morgan fingerprint density at radius 1 is 0.757 bits per heavy atom. The van der Waals surface area contributed by atoms with Crippen LogP contribution in [0.2, 0.25) is 5.04 Å². The number of hydrogen-bond donors (Lipinski definition) is 0. The zero-order valence-corrected chi connectivity index (χ0v) is 23.3. The van der Waals surface area contributed by atoms with E-state index < -0.39 is 31.1 Å². The van der Waals surface area contributed by atoms with E-state index in [-0.39, 0.29) is 5.04 Å². The molecule has 1 aliphatic carbocycles. The number of rotatable bonds is 9. The van der Waals surface area contributed by atoms with Gasteiger partial charge >= 0.3 is 11.9 Å². The van der Waals surface area contributed by atoms with E-state index in [9.17, 15) is 9.59 Å². The highest BCUT2D eigenvalue weighted by molar-refractivity contribution is 6.99. The van der Waals surface area contributed by atoms with Crippen LogP contribution in [-0.4, -0.2) is 41.1 Å². The molecule has 5 nitrogen and oxygen atoms in total. The lowest BCUT2D eigenvalue weighted by Crippen LogP contribution is -2.66. The lowest BCUT2D eigenvalue weighted by atomic mass is 9.83. The fourth-order valence-corrected chi connectivity index (χ4v) is 10.6. The minimum absolute atomic E-state index is 0.180. The molecule has 37 heavy (non-hydrogen) atoms. The third kappa shape index (κ3) is 4.32. The van der Waals surface area contributed by atoms with Gasteiger partial charge in [-0.05, 0) is 33.8 Å². The number of benzene rings is 3. The summed E-state index contributed by atoms with van der Waals surface area (Å²) in [5.74, 6) is -1.12. The SMILES string of the molecule is COC(=O)C1(C(=O)OC)CC1(CCO[Si](c1ccccc1)(c1ccccc1)C(C)(C)C)c1ccccc1. The predicted octanol–water partition coefficient (Wildman–Crippen LogP) is 4.63. The van der Waals surface area contributed by atoms with Gasteiger partial charge in [0.15, 0.2) is 5.41 Å². The summed E-state index contributed by atoms with van der Waals surface area (Å²) in [7, 11) is -0.133. The van der Waals surface area contributed by atoms with E-state index in [0.717, 1.165) is 5.56 Å². The maximum Gasteiger partial charge on any atom is 0.324 e. The molecule has 1 fully saturated rings. The Morgan fingerprint density at radius 2 is 1.19 bits per heavy atom. The molecule has 1 saturated carbocycles. The molecule has 1 aliphatic rings. The Morgan fingerprint density at radius 3 is 1.59 bits per heavy atom. The zero-order valence-electron chi connectivity index (χ0n) is 22.3. The number of methoxy groups -OCH3 is 2. The van der Waals surface area contributed by atoms with Crippen LogP contribution < -0.4 is 10.4 Å². The van der Waals surface area contributed by atoms with Crippen LogP contribution >= 0.6 is 0 Å². The monoisotopic (exact) mass is 516 g/mol. The molecule has 0 amide bonds. The van der Waals surface area contributed by atoms with Crippen LogP contribution in [0, 0.1) is 5.41 Å². The standard InChI is InChI=1S/C31H36O5Si/c1-29(2,3)37(25-17-11-7-12-18-25,26-19-13-8-14-20-26)36-22-21-30(24-15-9-6-10-16-24)23-31(30,27(32)34-4)28(33)35-5/h6-20H,21-23H2,1-5H3. The van der Waals surface area contributed by atoms with Gasteiger partial charge in [0.1, 0.15) is 0 Å². The van der Waals surface area contributed by atoms with Crippen molar-refractivity contribution in [2.45, 2.75) is 44.1 Å². The molecular formula is C31H36O5Si. The molecule has 1 atom stereocenters. The van der Waals surface area contributed by atoms with Crippen molar-refractivity contribution in [2.24, 2.45) is 5.41 Å². The average Bonchev–Trinajstić information content (AvgIpc) is 3.62. The van der Waals surface area contributed by atoms with E-state index in [1.807, 2.05) is 42.5 Å². The fraction of sp³-hybridized carbons (Fsp3) is 0.355. The van der Waals surface area contributed by atoms with Gasteiger partial charge in [-0.25, -0.2) is 0 Å². The summed E-state index contributed by atoms with van der Waals surface area (Å²) in [6.45, 7) is 7.07. The number of carbonyl (C=O) groups excluding carboxylic acids is 2. The minimum atomic E-state index is -2.77. The number of esters is 2. The molecule has 0 aliphatic heterocycles. The van der Waals surface area contributed by atoms with Crippen LogP contribution in [-0.2, 0) is 28.9 Å². The van der Waals surface area contributed by atoms with Gasteiger partial charge in [-0.2, -0.15) is 0 Å². The third-order valence-electron chi connectivity index (χ3n) is 7.92. The Bertz CT molecular complexity index is 1170. The molecule has 0 aromatic heterocycles. The highest BCUT2D eigenvalue weighted by Crippen LogP contribution is 2.68. The summed E-state index contributed by atoms with van der Waals surface area (Å²) in [6.07, 6.45) is 0.805. The summed E-state index contributed by atoms with van der Waals surface area (Å²) >= 11 is 0. The summed E-state index contributed by atoms with van der Waals surface area (Å²) in [5.41, 5.74) is -1.23. The van der Waals surface area contributed by atoms with Gasteiger partial charge in [-0.15, -0.1) is 0 Å². The van der Waals surface area contributed by atoms with Crippen molar-refractivity contribution in [2.75, 3.05) is 20.8 Å². The number of hydrogen-bond acceptors (Lipinski definition) is 5. The smallest absolute Gasteiger partial charge is 0.324 e.